The van der Waals surface area contributed by atoms with Crippen molar-refractivity contribution in [3.63, 3.8) is 0 Å². The monoisotopic (exact) mass is 470 g/mol. The lowest BCUT2D eigenvalue weighted by molar-refractivity contribution is 0.0697. The number of fused-ring (bicyclic) bond motifs is 1. The lowest BCUT2D eigenvalue weighted by atomic mass is 9.95. The smallest absolute Gasteiger partial charge is 0.335 e. The molecule has 6 nitrogen and oxygen atoms in total. The Labute approximate surface area is 205 Å². The zero-order valence-electron chi connectivity index (χ0n) is 19.9. The SMILES string of the molecule is COc1ccccc1CCOc1ccc(-c2nc3cc(C(=O)O)ccc3n2C2CCCCC2)cc1. The van der Waals surface area contributed by atoms with E-state index < -0.39 is 5.97 Å². The van der Waals surface area contributed by atoms with Gasteiger partial charge in [0.25, 0.3) is 0 Å². The second-order valence-electron chi connectivity index (χ2n) is 9.04. The highest BCUT2D eigenvalue weighted by molar-refractivity contribution is 5.93. The number of carboxylic acid groups (broad SMARTS) is 1. The molecule has 1 N–H and O–H groups in total. The van der Waals surface area contributed by atoms with E-state index in [0.717, 1.165) is 58.7 Å². The summed E-state index contributed by atoms with van der Waals surface area (Å²) in [4.78, 5) is 16.4. The summed E-state index contributed by atoms with van der Waals surface area (Å²) in [5, 5.41) is 9.43. The summed E-state index contributed by atoms with van der Waals surface area (Å²) < 4.78 is 13.7. The Balaban J connectivity index is 1.39. The van der Waals surface area contributed by atoms with Crippen LogP contribution in [0.5, 0.6) is 11.5 Å². The zero-order valence-corrected chi connectivity index (χ0v) is 19.9. The van der Waals surface area contributed by atoms with Crippen molar-refractivity contribution in [3.05, 3.63) is 77.9 Å². The van der Waals surface area contributed by atoms with Crippen molar-refractivity contribution < 1.29 is 19.4 Å². The molecule has 1 fully saturated rings. The van der Waals surface area contributed by atoms with Crippen LogP contribution < -0.4 is 9.47 Å². The Morgan fingerprint density at radius 3 is 2.54 bits per heavy atom. The van der Waals surface area contributed by atoms with Crippen LogP contribution in [-0.2, 0) is 6.42 Å². The fourth-order valence-corrected chi connectivity index (χ4v) is 5.03. The van der Waals surface area contributed by atoms with E-state index in [4.69, 9.17) is 14.5 Å². The van der Waals surface area contributed by atoms with Crippen LogP contribution in [0.1, 0.15) is 54.1 Å². The third-order valence-electron chi connectivity index (χ3n) is 6.82. The Morgan fingerprint density at radius 1 is 1.03 bits per heavy atom. The zero-order chi connectivity index (χ0) is 24.2. The van der Waals surface area contributed by atoms with E-state index in [1.54, 1.807) is 19.2 Å². The van der Waals surface area contributed by atoms with Gasteiger partial charge in [0.2, 0.25) is 0 Å². The van der Waals surface area contributed by atoms with Crippen molar-refractivity contribution in [3.8, 4) is 22.9 Å². The molecule has 1 saturated carbocycles. The molecule has 0 atom stereocenters. The van der Waals surface area contributed by atoms with Crippen LogP contribution in [0.2, 0.25) is 0 Å². The van der Waals surface area contributed by atoms with Crippen LogP contribution in [0.25, 0.3) is 22.4 Å². The molecule has 0 amide bonds. The van der Waals surface area contributed by atoms with Gasteiger partial charge < -0.3 is 19.1 Å². The number of imidazole rings is 1. The van der Waals surface area contributed by atoms with E-state index in [-0.39, 0.29) is 5.56 Å². The molecular weight excluding hydrogens is 440 g/mol. The Bertz CT molecular complexity index is 1320. The summed E-state index contributed by atoms with van der Waals surface area (Å²) in [6.07, 6.45) is 6.66. The Morgan fingerprint density at radius 2 is 1.80 bits per heavy atom. The predicted octanol–water partition coefficient (Wildman–Crippen LogP) is 6.54. The van der Waals surface area contributed by atoms with Gasteiger partial charge in [-0.25, -0.2) is 9.78 Å². The van der Waals surface area contributed by atoms with Crippen molar-refractivity contribution in [1.29, 1.82) is 0 Å². The highest BCUT2D eigenvalue weighted by Gasteiger charge is 2.23. The van der Waals surface area contributed by atoms with Crippen molar-refractivity contribution in [2.45, 2.75) is 44.6 Å². The van der Waals surface area contributed by atoms with Crippen LogP contribution >= 0.6 is 0 Å². The topological polar surface area (TPSA) is 73.6 Å². The molecule has 6 heteroatoms. The van der Waals surface area contributed by atoms with E-state index in [2.05, 4.69) is 10.6 Å². The number of benzene rings is 3. The van der Waals surface area contributed by atoms with Crippen molar-refractivity contribution in [2.24, 2.45) is 0 Å². The molecule has 0 saturated heterocycles. The molecule has 4 aromatic rings. The molecule has 35 heavy (non-hydrogen) atoms. The molecular formula is C29H30N2O4. The van der Waals surface area contributed by atoms with Crippen LogP contribution in [-0.4, -0.2) is 34.3 Å². The molecule has 3 aromatic carbocycles. The average Bonchev–Trinajstić information content (AvgIpc) is 3.28. The van der Waals surface area contributed by atoms with Gasteiger partial charge in [0.15, 0.2) is 0 Å². The number of hydrogen-bond acceptors (Lipinski definition) is 4. The van der Waals surface area contributed by atoms with Gasteiger partial charge in [-0.2, -0.15) is 0 Å². The lowest BCUT2D eigenvalue weighted by Gasteiger charge is -2.25. The predicted molar refractivity (Wildman–Crippen MR) is 136 cm³/mol. The molecule has 180 valence electrons. The first-order valence-corrected chi connectivity index (χ1v) is 12.2. The summed E-state index contributed by atoms with van der Waals surface area (Å²) in [5.74, 6) is 1.63. The molecule has 1 aliphatic carbocycles. The first-order valence-electron chi connectivity index (χ1n) is 12.2. The quantitative estimate of drug-likeness (QED) is 0.317. The van der Waals surface area contributed by atoms with E-state index in [0.29, 0.717) is 12.6 Å². The lowest BCUT2D eigenvalue weighted by Crippen LogP contribution is -2.14. The number of rotatable bonds is 8. The van der Waals surface area contributed by atoms with Gasteiger partial charge >= 0.3 is 5.97 Å². The van der Waals surface area contributed by atoms with E-state index in [1.165, 1.54) is 19.3 Å². The number of carboxylic acids is 1. The second kappa shape index (κ2) is 10.2. The largest absolute Gasteiger partial charge is 0.496 e. The van der Waals surface area contributed by atoms with Gasteiger partial charge in [-0.1, -0.05) is 37.5 Å². The summed E-state index contributed by atoms with van der Waals surface area (Å²) in [5.41, 5.74) is 4.10. The minimum Gasteiger partial charge on any atom is -0.496 e. The van der Waals surface area contributed by atoms with Crippen molar-refractivity contribution in [2.75, 3.05) is 13.7 Å². The fourth-order valence-electron chi connectivity index (χ4n) is 5.03. The Hall–Kier alpha value is -3.80. The van der Waals surface area contributed by atoms with Gasteiger partial charge in [-0.3, -0.25) is 0 Å². The summed E-state index contributed by atoms with van der Waals surface area (Å²) in [6.45, 7) is 0.554. The van der Waals surface area contributed by atoms with E-state index >= 15 is 0 Å². The Kier molecular flexibility index (Phi) is 6.70. The number of ether oxygens (including phenoxy) is 2. The van der Waals surface area contributed by atoms with Gasteiger partial charge in [0.05, 0.1) is 30.3 Å². The molecule has 0 bridgehead atoms. The normalized spacial score (nSPS) is 14.2. The first kappa shape index (κ1) is 23.0. The van der Waals surface area contributed by atoms with Gasteiger partial charge in [0, 0.05) is 18.0 Å². The molecule has 0 unspecified atom stereocenters. The molecule has 0 radical (unpaired) electrons. The van der Waals surface area contributed by atoms with Crippen LogP contribution in [0.15, 0.2) is 66.7 Å². The first-order chi connectivity index (χ1) is 17.1. The second-order valence-corrected chi connectivity index (χ2v) is 9.04. The third-order valence-corrected chi connectivity index (χ3v) is 6.82. The molecule has 5 rings (SSSR count). The highest BCUT2D eigenvalue weighted by Crippen LogP contribution is 2.36. The molecule has 1 aromatic heterocycles. The van der Waals surface area contributed by atoms with Crippen molar-refractivity contribution in [1.82, 2.24) is 9.55 Å². The molecule has 0 aliphatic heterocycles. The maximum absolute atomic E-state index is 11.5. The number of hydrogen-bond donors (Lipinski definition) is 1. The maximum Gasteiger partial charge on any atom is 0.335 e. The average molecular weight is 471 g/mol. The summed E-state index contributed by atoms with van der Waals surface area (Å²) in [7, 11) is 1.68. The number of para-hydroxylation sites is 1. The summed E-state index contributed by atoms with van der Waals surface area (Å²) >= 11 is 0. The van der Waals surface area contributed by atoms with Crippen LogP contribution in [0.3, 0.4) is 0 Å². The number of aromatic nitrogens is 2. The summed E-state index contributed by atoms with van der Waals surface area (Å²) in [6, 6.07) is 21.6. The minimum absolute atomic E-state index is 0.260. The number of carbonyl (C=O) groups is 1. The number of methoxy groups -OCH3 is 1. The van der Waals surface area contributed by atoms with Gasteiger partial charge in [-0.15, -0.1) is 0 Å². The van der Waals surface area contributed by atoms with Crippen molar-refractivity contribution >= 4 is 17.0 Å². The molecule has 1 aliphatic rings. The van der Waals surface area contributed by atoms with Crippen LogP contribution in [0.4, 0.5) is 0 Å². The van der Waals surface area contributed by atoms with Gasteiger partial charge in [-0.05, 0) is 66.9 Å². The van der Waals surface area contributed by atoms with E-state index in [1.807, 2.05) is 48.5 Å². The fraction of sp³-hybridized carbons (Fsp3) is 0.310. The van der Waals surface area contributed by atoms with Crippen LogP contribution in [0, 0.1) is 0 Å². The number of aromatic carboxylic acids is 1. The molecule has 1 heterocycles. The highest BCUT2D eigenvalue weighted by atomic mass is 16.5. The van der Waals surface area contributed by atoms with E-state index in [9.17, 15) is 9.90 Å². The maximum atomic E-state index is 11.5. The van der Waals surface area contributed by atoms with Gasteiger partial charge in [0.1, 0.15) is 17.3 Å². The number of nitrogens with zero attached hydrogens (tertiary/aromatic N) is 2. The minimum atomic E-state index is -0.935. The molecule has 0 spiro atoms. The standard InChI is InChI=1S/C29H30N2O4/c1-34-27-10-6-5-7-20(27)17-18-35-24-14-11-21(12-15-24)28-30-25-19-22(29(32)33)13-16-26(25)31(28)23-8-3-2-4-9-23/h5-7,10-16,19,23H,2-4,8-9,17-18H2,1H3,(H,32,33). The third kappa shape index (κ3) is 4.87.